The maximum absolute atomic E-state index is 12.6. The normalized spacial score (nSPS) is 18.3. The third-order valence-corrected chi connectivity index (χ3v) is 4.65. The van der Waals surface area contributed by atoms with Gasteiger partial charge in [0.05, 0.1) is 11.6 Å². The van der Waals surface area contributed by atoms with E-state index in [2.05, 4.69) is 31.5 Å². The summed E-state index contributed by atoms with van der Waals surface area (Å²) in [5.74, 6) is 0.0804. The smallest absolute Gasteiger partial charge is 0.240 e. The van der Waals surface area contributed by atoms with Crippen LogP contribution in [-0.2, 0) is 4.79 Å². The molecule has 2 N–H and O–H groups in total. The van der Waals surface area contributed by atoms with E-state index in [9.17, 15) is 4.79 Å². The monoisotopic (exact) mass is 353 g/mol. The fourth-order valence-electron chi connectivity index (χ4n) is 2.60. The number of hydrogen-bond donors (Lipinski definition) is 2. The highest BCUT2D eigenvalue weighted by Gasteiger charge is 2.35. The summed E-state index contributed by atoms with van der Waals surface area (Å²) in [7, 11) is 0. The van der Waals surface area contributed by atoms with Crippen LogP contribution < -0.4 is 10.6 Å². The molecule has 1 aromatic rings. The summed E-state index contributed by atoms with van der Waals surface area (Å²) in [6.45, 7) is 9.73. The van der Waals surface area contributed by atoms with Crippen molar-refractivity contribution in [1.82, 2.24) is 15.5 Å². The Morgan fingerprint density at radius 1 is 1.38 bits per heavy atom. The second kappa shape index (κ2) is 6.90. The molecule has 0 saturated carbocycles. The SMILES string of the molecule is CC(NC(=O)C(C)(C)N1CCNCC1)c1cccc(Br)c1. The average molecular weight is 354 g/mol. The Balaban J connectivity index is 2.02. The molecule has 0 aromatic heterocycles. The topological polar surface area (TPSA) is 44.4 Å². The Kier molecular flexibility index (Phi) is 5.41. The van der Waals surface area contributed by atoms with E-state index in [1.54, 1.807) is 0 Å². The zero-order valence-electron chi connectivity index (χ0n) is 12.9. The van der Waals surface area contributed by atoms with E-state index < -0.39 is 5.54 Å². The van der Waals surface area contributed by atoms with Crippen LogP contribution in [0.15, 0.2) is 28.7 Å². The Hall–Kier alpha value is -0.910. The third-order valence-electron chi connectivity index (χ3n) is 4.16. The maximum atomic E-state index is 12.6. The van der Waals surface area contributed by atoms with Gasteiger partial charge in [-0.1, -0.05) is 28.1 Å². The maximum Gasteiger partial charge on any atom is 0.240 e. The summed E-state index contributed by atoms with van der Waals surface area (Å²) in [5, 5.41) is 6.46. The van der Waals surface area contributed by atoms with Crippen LogP contribution in [0.4, 0.5) is 0 Å². The minimum absolute atomic E-state index is 0.00260. The molecule has 4 nitrogen and oxygen atoms in total. The molecule has 116 valence electrons. The number of benzene rings is 1. The lowest BCUT2D eigenvalue weighted by Crippen LogP contribution is -2.60. The van der Waals surface area contributed by atoms with Crippen LogP contribution in [0.25, 0.3) is 0 Å². The Morgan fingerprint density at radius 2 is 2.05 bits per heavy atom. The van der Waals surface area contributed by atoms with Gasteiger partial charge < -0.3 is 10.6 Å². The Bertz CT molecular complexity index is 498. The zero-order valence-corrected chi connectivity index (χ0v) is 14.5. The van der Waals surface area contributed by atoms with Gasteiger partial charge in [-0.15, -0.1) is 0 Å². The van der Waals surface area contributed by atoms with Crippen molar-refractivity contribution in [3.05, 3.63) is 34.3 Å². The molecule has 1 aliphatic heterocycles. The molecule has 1 saturated heterocycles. The number of halogens is 1. The molecule has 1 atom stereocenters. The van der Waals surface area contributed by atoms with Crippen molar-refractivity contribution in [2.75, 3.05) is 26.2 Å². The van der Waals surface area contributed by atoms with Gasteiger partial charge in [-0.3, -0.25) is 9.69 Å². The van der Waals surface area contributed by atoms with E-state index in [1.807, 2.05) is 45.0 Å². The molecule has 2 rings (SSSR count). The molecule has 1 aliphatic rings. The largest absolute Gasteiger partial charge is 0.348 e. The van der Waals surface area contributed by atoms with Crippen LogP contribution in [0.5, 0.6) is 0 Å². The van der Waals surface area contributed by atoms with Crippen molar-refractivity contribution in [3.63, 3.8) is 0 Å². The fraction of sp³-hybridized carbons (Fsp3) is 0.562. The van der Waals surface area contributed by atoms with Crippen molar-refractivity contribution < 1.29 is 4.79 Å². The first kappa shape index (κ1) is 16.5. The van der Waals surface area contributed by atoms with E-state index in [0.717, 1.165) is 36.2 Å². The zero-order chi connectivity index (χ0) is 15.5. The summed E-state index contributed by atoms with van der Waals surface area (Å²) in [6, 6.07) is 8.06. The molecule has 1 heterocycles. The molecule has 0 bridgehead atoms. The van der Waals surface area contributed by atoms with E-state index in [1.165, 1.54) is 0 Å². The summed E-state index contributed by atoms with van der Waals surface area (Å²) in [4.78, 5) is 14.9. The number of carbonyl (C=O) groups excluding carboxylic acids is 1. The summed E-state index contributed by atoms with van der Waals surface area (Å²) in [6.07, 6.45) is 0. The van der Waals surface area contributed by atoms with Gasteiger partial charge in [-0.25, -0.2) is 0 Å². The molecular formula is C16H24BrN3O. The molecule has 21 heavy (non-hydrogen) atoms. The lowest BCUT2D eigenvalue weighted by atomic mass is 9.99. The highest BCUT2D eigenvalue weighted by Crippen LogP contribution is 2.21. The summed E-state index contributed by atoms with van der Waals surface area (Å²) in [5.41, 5.74) is 0.622. The highest BCUT2D eigenvalue weighted by atomic mass is 79.9. The van der Waals surface area contributed by atoms with Crippen LogP contribution in [-0.4, -0.2) is 42.5 Å². The molecule has 1 unspecified atom stereocenters. The Morgan fingerprint density at radius 3 is 2.67 bits per heavy atom. The molecule has 0 spiro atoms. The van der Waals surface area contributed by atoms with Crippen molar-refractivity contribution in [2.45, 2.75) is 32.4 Å². The summed E-state index contributed by atoms with van der Waals surface area (Å²) < 4.78 is 1.03. The van der Waals surface area contributed by atoms with Gasteiger partial charge in [0, 0.05) is 30.7 Å². The second-order valence-corrected chi connectivity index (χ2v) is 6.96. The minimum atomic E-state index is -0.484. The predicted octanol–water partition coefficient (Wildman–Crippen LogP) is 2.31. The quantitative estimate of drug-likeness (QED) is 0.872. The van der Waals surface area contributed by atoms with Crippen molar-refractivity contribution >= 4 is 21.8 Å². The van der Waals surface area contributed by atoms with Gasteiger partial charge in [0.2, 0.25) is 5.91 Å². The van der Waals surface area contributed by atoms with Crippen LogP contribution in [0, 0.1) is 0 Å². The highest BCUT2D eigenvalue weighted by molar-refractivity contribution is 9.10. The number of nitrogens with zero attached hydrogens (tertiary/aromatic N) is 1. The molecule has 0 radical (unpaired) electrons. The van der Waals surface area contributed by atoms with Gasteiger partial charge in [0.25, 0.3) is 0 Å². The van der Waals surface area contributed by atoms with Gasteiger partial charge in [0.1, 0.15) is 0 Å². The number of hydrogen-bond acceptors (Lipinski definition) is 3. The first-order valence-electron chi connectivity index (χ1n) is 7.43. The van der Waals surface area contributed by atoms with Crippen molar-refractivity contribution in [3.8, 4) is 0 Å². The lowest BCUT2D eigenvalue weighted by molar-refractivity contribution is -0.132. The van der Waals surface area contributed by atoms with Crippen LogP contribution in [0.1, 0.15) is 32.4 Å². The first-order valence-corrected chi connectivity index (χ1v) is 8.23. The number of piperazine rings is 1. The van der Waals surface area contributed by atoms with E-state index >= 15 is 0 Å². The minimum Gasteiger partial charge on any atom is -0.348 e. The van der Waals surface area contributed by atoms with Gasteiger partial charge in [0.15, 0.2) is 0 Å². The van der Waals surface area contributed by atoms with Crippen LogP contribution in [0.3, 0.4) is 0 Å². The first-order chi connectivity index (χ1) is 9.91. The van der Waals surface area contributed by atoms with Crippen LogP contribution >= 0.6 is 15.9 Å². The molecule has 1 fully saturated rings. The number of nitrogens with one attached hydrogen (secondary N) is 2. The van der Waals surface area contributed by atoms with E-state index in [4.69, 9.17) is 0 Å². The molecular weight excluding hydrogens is 330 g/mol. The van der Waals surface area contributed by atoms with Gasteiger partial charge in [-0.2, -0.15) is 0 Å². The van der Waals surface area contributed by atoms with E-state index in [0.29, 0.717) is 0 Å². The Labute approximate surface area is 135 Å². The standard InChI is InChI=1S/C16H24BrN3O/c1-12(13-5-4-6-14(17)11-13)19-15(21)16(2,3)20-9-7-18-8-10-20/h4-6,11-12,18H,7-10H2,1-3H3,(H,19,21). The predicted molar refractivity (Wildman–Crippen MR) is 89.2 cm³/mol. The van der Waals surface area contributed by atoms with E-state index in [-0.39, 0.29) is 11.9 Å². The molecule has 0 aliphatic carbocycles. The van der Waals surface area contributed by atoms with Crippen molar-refractivity contribution in [2.24, 2.45) is 0 Å². The van der Waals surface area contributed by atoms with Gasteiger partial charge >= 0.3 is 0 Å². The number of amides is 1. The number of rotatable bonds is 4. The number of carbonyl (C=O) groups is 1. The van der Waals surface area contributed by atoms with Crippen molar-refractivity contribution in [1.29, 1.82) is 0 Å². The molecule has 1 aromatic carbocycles. The molecule has 5 heteroatoms. The third kappa shape index (κ3) is 4.05. The second-order valence-electron chi connectivity index (χ2n) is 6.05. The molecule has 1 amide bonds. The van der Waals surface area contributed by atoms with Gasteiger partial charge in [-0.05, 0) is 38.5 Å². The fourth-order valence-corrected chi connectivity index (χ4v) is 3.02. The lowest BCUT2D eigenvalue weighted by Gasteiger charge is -2.40. The summed E-state index contributed by atoms with van der Waals surface area (Å²) >= 11 is 3.47. The van der Waals surface area contributed by atoms with Crippen LogP contribution in [0.2, 0.25) is 0 Å². The average Bonchev–Trinajstić information content (AvgIpc) is 2.48.